The molecule has 2 rings (SSSR count). The number of rotatable bonds is 5. The summed E-state index contributed by atoms with van der Waals surface area (Å²) in [5.41, 5.74) is 1.04. The summed E-state index contributed by atoms with van der Waals surface area (Å²) in [6, 6.07) is 0. The van der Waals surface area contributed by atoms with Crippen LogP contribution in [0.2, 0.25) is 0 Å². The number of ether oxygens (including phenoxy) is 1. The largest absolute Gasteiger partial charge is 0.394 e. The van der Waals surface area contributed by atoms with Gasteiger partial charge in [-0.1, -0.05) is 0 Å². The molecule has 0 bridgehead atoms. The number of thiazole rings is 1. The van der Waals surface area contributed by atoms with Crippen molar-refractivity contribution >= 4 is 29.0 Å². The first kappa shape index (κ1) is 15.8. The fourth-order valence-electron chi connectivity index (χ4n) is 2.16. The summed E-state index contributed by atoms with van der Waals surface area (Å²) in [6.07, 6.45) is -0.273. The Balaban J connectivity index is 1.76. The van der Waals surface area contributed by atoms with E-state index in [1.807, 2.05) is 19.2 Å². The van der Waals surface area contributed by atoms with Crippen molar-refractivity contribution in [1.82, 2.24) is 9.88 Å². The van der Waals surface area contributed by atoms with Crippen LogP contribution in [-0.4, -0.2) is 58.6 Å². The van der Waals surface area contributed by atoms with Gasteiger partial charge in [-0.05, 0) is 13.8 Å². The summed E-state index contributed by atoms with van der Waals surface area (Å²) in [6.45, 7) is 4.95. The lowest BCUT2D eigenvalue weighted by Gasteiger charge is -2.36. The topological polar surface area (TPSA) is 62.7 Å². The third-order valence-corrected chi connectivity index (χ3v) is 4.80. The Bertz CT molecular complexity index is 453. The maximum absolute atomic E-state index is 12.2. The average Bonchev–Trinajstić information content (AvgIpc) is 2.83. The van der Waals surface area contributed by atoms with Gasteiger partial charge in [-0.15, -0.1) is 23.1 Å². The second-order valence-electron chi connectivity index (χ2n) is 4.90. The number of morpholine rings is 1. The predicted octanol–water partition coefficient (Wildman–Crippen LogP) is 1.29. The zero-order chi connectivity index (χ0) is 14.5. The zero-order valence-electron chi connectivity index (χ0n) is 11.7. The minimum Gasteiger partial charge on any atom is -0.394 e. The molecule has 0 radical (unpaired) electrons. The first-order valence-electron chi connectivity index (χ1n) is 6.61. The van der Waals surface area contributed by atoms with Crippen molar-refractivity contribution in [1.29, 1.82) is 0 Å². The number of amides is 1. The van der Waals surface area contributed by atoms with Gasteiger partial charge in [-0.25, -0.2) is 4.98 Å². The standard InChI is InChI=1S/C13H20N2O3S2/c1-9-3-15(4-12(5-16)18-9)13(17)8-19-6-11-7-20-10(2)14-11/h7,9,12,16H,3-6,8H2,1-2H3. The quantitative estimate of drug-likeness (QED) is 0.887. The van der Waals surface area contributed by atoms with Gasteiger partial charge < -0.3 is 14.7 Å². The van der Waals surface area contributed by atoms with E-state index in [-0.39, 0.29) is 24.7 Å². The summed E-state index contributed by atoms with van der Waals surface area (Å²) in [5.74, 6) is 1.32. The number of hydrogen-bond donors (Lipinski definition) is 1. The lowest BCUT2D eigenvalue weighted by atomic mass is 10.2. The van der Waals surface area contributed by atoms with Gasteiger partial charge in [0.1, 0.15) is 0 Å². The van der Waals surface area contributed by atoms with Gasteiger partial charge in [0.05, 0.1) is 35.3 Å². The maximum Gasteiger partial charge on any atom is 0.232 e. The minimum absolute atomic E-state index is 0.0176. The Morgan fingerprint density at radius 2 is 2.45 bits per heavy atom. The number of hydrogen-bond acceptors (Lipinski definition) is 6. The fraction of sp³-hybridized carbons (Fsp3) is 0.692. The molecule has 1 saturated heterocycles. The van der Waals surface area contributed by atoms with E-state index in [1.54, 1.807) is 28.0 Å². The van der Waals surface area contributed by atoms with Crippen LogP contribution in [-0.2, 0) is 15.3 Å². The van der Waals surface area contributed by atoms with E-state index < -0.39 is 0 Å². The SMILES string of the molecule is Cc1nc(CSCC(=O)N2CC(C)OC(CO)C2)cs1. The molecule has 2 heterocycles. The van der Waals surface area contributed by atoms with Crippen molar-refractivity contribution in [2.75, 3.05) is 25.4 Å². The van der Waals surface area contributed by atoms with E-state index in [4.69, 9.17) is 9.84 Å². The van der Waals surface area contributed by atoms with Crippen LogP contribution in [0.5, 0.6) is 0 Å². The molecule has 1 fully saturated rings. The van der Waals surface area contributed by atoms with E-state index >= 15 is 0 Å². The number of aliphatic hydroxyl groups is 1. The van der Waals surface area contributed by atoms with Gasteiger partial charge in [0.2, 0.25) is 5.91 Å². The number of aliphatic hydroxyl groups excluding tert-OH is 1. The van der Waals surface area contributed by atoms with Crippen molar-refractivity contribution in [3.63, 3.8) is 0 Å². The lowest BCUT2D eigenvalue weighted by molar-refractivity contribution is -0.144. The molecule has 2 atom stereocenters. The van der Waals surface area contributed by atoms with Crippen LogP contribution in [0.1, 0.15) is 17.6 Å². The maximum atomic E-state index is 12.2. The van der Waals surface area contributed by atoms with Crippen molar-refractivity contribution in [2.45, 2.75) is 31.8 Å². The fourth-order valence-corrected chi connectivity index (χ4v) is 3.69. The molecule has 2 unspecified atom stereocenters. The summed E-state index contributed by atoms with van der Waals surface area (Å²) >= 11 is 3.21. The third-order valence-electron chi connectivity index (χ3n) is 3.02. The molecule has 0 aliphatic carbocycles. The van der Waals surface area contributed by atoms with Crippen LogP contribution in [0, 0.1) is 6.92 Å². The normalized spacial score (nSPS) is 23.1. The number of carbonyl (C=O) groups excluding carboxylic acids is 1. The van der Waals surface area contributed by atoms with E-state index in [0.717, 1.165) is 16.5 Å². The lowest BCUT2D eigenvalue weighted by Crippen LogP contribution is -2.50. The summed E-state index contributed by atoms with van der Waals surface area (Å²) in [4.78, 5) is 18.3. The molecule has 7 heteroatoms. The van der Waals surface area contributed by atoms with Crippen LogP contribution < -0.4 is 0 Å². The molecule has 112 valence electrons. The van der Waals surface area contributed by atoms with E-state index in [2.05, 4.69) is 4.98 Å². The van der Waals surface area contributed by atoms with E-state index in [1.165, 1.54) is 0 Å². The van der Waals surface area contributed by atoms with Gasteiger partial charge in [0.15, 0.2) is 0 Å². The molecule has 1 amide bonds. The van der Waals surface area contributed by atoms with Gasteiger partial charge >= 0.3 is 0 Å². The number of carbonyl (C=O) groups is 1. The minimum atomic E-state index is -0.256. The van der Waals surface area contributed by atoms with Crippen LogP contribution >= 0.6 is 23.1 Å². The zero-order valence-corrected chi connectivity index (χ0v) is 13.4. The van der Waals surface area contributed by atoms with Crippen LogP contribution in [0.4, 0.5) is 0 Å². The van der Waals surface area contributed by atoms with Gasteiger partial charge in [-0.2, -0.15) is 0 Å². The van der Waals surface area contributed by atoms with Crippen LogP contribution in [0.3, 0.4) is 0 Å². The van der Waals surface area contributed by atoms with Crippen molar-refractivity contribution in [3.8, 4) is 0 Å². The van der Waals surface area contributed by atoms with E-state index in [9.17, 15) is 4.79 Å². The summed E-state index contributed by atoms with van der Waals surface area (Å²) in [7, 11) is 0. The highest BCUT2D eigenvalue weighted by atomic mass is 32.2. The molecule has 5 nitrogen and oxygen atoms in total. The van der Waals surface area contributed by atoms with Crippen molar-refractivity contribution < 1.29 is 14.6 Å². The van der Waals surface area contributed by atoms with Crippen LogP contribution in [0.25, 0.3) is 0 Å². The van der Waals surface area contributed by atoms with Gasteiger partial charge in [0.25, 0.3) is 0 Å². The molecule has 20 heavy (non-hydrogen) atoms. The average molecular weight is 316 g/mol. The number of aryl methyl sites for hydroxylation is 1. The van der Waals surface area contributed by atoms with Gasteiger partial charge in [0, 0.05) is 24.2 Å². The number of nitrogens with zero attached hydrogens (tertiary/aromatic N) is 2. The molecule has 0 aromatic carbocycles. The van der Waals surface area contributed by atoms with Crippen molar-refractivity contribution in [3.05, 3.63) is 16.1 Å². The van der Waals surface area contributed by atoms with E-state index in [0.29, 0.717) is 18.8 Å². The third kappa shape index (κ3) is 4.44. The number of aromatic nitrogens is 1. The smallest absolute Gasteiger partial charge is 0.232 e. The Morgan fingerprint density at radius 1 is 1.65 bits per heavy atom. The van der Waals surface area contributed by atoms with Gasteiger partial charge in [-0.3, -0.25) is 4.79 Å². The second-order valence-corrected chi connectivity index (χ2v) is 6.95. The molecular formula is C13H20N2O3S2. The predicted molar refractivity (Wildman–Crippen MR) is 81.0 cm³/mol. The summed E-state index contributed by atoms with van der Waals surface area (Å²) < 4.78 is 5.53. The van der Waals surface area contributed by atoms with Crippen molar-refractivity contribution in [2.24, 2.45) is 0 Å². The summed E-state index contributed by atoms with van der Waals surface area (Å²) in [5, 5.41) is 12.2. The first-order chi connectivity index (χ1) is 9.58. The molecular weight excluding hydrogens is 296 g/mol. The highest BCUT2D eigenvalue weighted by molar-refractivity contribution is 7.99. The first-order valence-corrected chi connectivity index (χ1v) is 8.64. The van der Waals surface area contributed by atoms with Crippen LogP contribution in [0.15, 0.2) is 5.38 Å². The monoisotopic (exact) mass is 316 g/mol. The molecule has 1 aliphatic rings. The highest BCUT2D eigenvalue weighted by Gasteiger charge is 2.27. The molecule has 0 spiro atoms. The Morgan fingerprint density at radius 3 is 3.10 bits per heavy atom. The number of thioether (sulfide) groups is 1. The molecule has 1 aliphatic heterocycles. The Labute approximate surface area is 127 Å². The molecule has 1 aromatic rings. The molecule has 0 saturated carbocycles. The molecule has 1 aromatic heterocycles. The molecule has 1 N–H and O–H groups in total. The second kappa shape index (κ2) is 7.40. The Hall–Kier alpha value is -0.630. The highest BCUT2D eigenvalue weighted by Crippen LogP contribution is 2.17. The Kier molecular flexibility index (Phi) is 5.83.